The van der Waals surface area contributed by atoms with Crippen LogP contribution in [0, 0.1) is 16.7 Å². The third-order valence-electron chi connectivity index (χ3n) is 3.35. The third-order valence-corrected chi connectivity index (χ3v) is 3.35. The van der Waals surface area contributed by atoms with Crippen LogP contribution in [0.5, 0.6) is 0 Å². The Morgan fingerprint density at radius 3 is 2.71 bits per heavy atom. The molecule has 1 aliphatic heterocycles. The monoisotopic (exact) mass is 184 g/mol. The van der Waals surface area contributed by atoms with Gasteiger partial charge in [0, 0.05) is 24.2 Å². The normalized spacial score (nSPS) is 21.5. The van der Waals surface area contributed by atoms with E-state index in [2.05, 4.69) is 17.0 Å². The quantitative estimate of drug-likeness (QED) is 0.668. The van der Waals surface area contributed by atoms with E-state index in [0.29, 0.717) is 5.41 Å². The SMILES string of the molecule is N#Cc1cccc(N2CC3(CC3)C2)c1. The Bertz CT molecular complexity index is 405. The van der Waals surface area contributed by atoms with E-state index in [9.17, 15) is 0 Å². The van der Waals surface area contributed by atoms with Gasteiger partial charge in [-0.2, -0.15) is 5.26 Å². The van der Waals surface area contributed by atoms with Crippen LogP contribution in [0.3, 0.4) is 0 Å². The Morgan fingerprint density at radius 1 is 1.29 bits per heavy atom. The van der Waals surface area contributed by atoms with Crippen LogP contribution in [0.4, 0.5) is 5.69 Å². The maximum atomic E-state index is 8.78. The summed E-state index contributed by atoms with van der Waals surface area (Å²) in [4.78, 5) is 2.37. The van der Waals surface area contributed by atoms with Crippen molar-refractivity contribution in [2.45, 2.75) is 12.8 Å². The maximum absolute atomic E-state index is 8.78. The number of benzene rings is 1. The molecular formula is C12H12N2. The van der Waals surface area contributed by atoms with E-state index >= 15 is 0 Å². The first-order valence-electron chi connectivity index (χ1n) is 5.07. The Kier molecular flexibility index (Phi) is 1.41. The Morgan fingerprint density at radius 2 is 2.07 bits per heavy atom. The van der Waals surface area contributed by atoms with Crippen LogP contribution < -0.4 is 4.90 Å². The van der Waals surface area contributed by atoms with Crippen molar-refractivity contribution >= 4 is 5.69 Å². The molecule has 0 aromatic heterocycles. The summed E-state index contributed by atoms with van der Waals surface area (Å²) in [6, 6.07) is 10.1. The van der Waals surface area contributed by atoms with E-state index in [1.165, 1.54) is 31.6 Å². The Balaban J connectivity index is 1.80. The molecule has 2 fully saturated rings. The largest absolute Gasteiger partial charge is 0.370 e. The first-order chi connectivity index (χ1) is 6.81. The van der Waals surface area contributed by atoms with E-state index in [4.69, 9.17) is 5.26 Å². The van der Waals surface area contributed by atoms with Crippen molar-refractivity contribution < 1.29 is 0 Å². The second-order valence-electron chi connectivity index (χ2n) is 4.52. The summed E-state index contributed by atoms with van der Waals surface area (Å²) in [7, 11) is 0. The molecule has 0 amide bonds. The van der Waals surface area contributed by atoms with E-state index in [1.807, 2.05) is 18.2 Å². The molecule has 0 unspecified atom stereocenters. The van der Waals surface area contributed by atoms with Crippen molar-refractivity contribution in [3.05, 3.63) is 29.8 Å². The minimum absolute atomic E-state index is 0.683. The maximum Gasteiger partial charge on any atom is 0.0992 e. The molecule has 0 atom stereocenters. The van der Waals surface area contributed by atoms with Crippen molar-refractivity contribution in [3.63, 3.8) is 0 Å². The molecule has 70 valence electrons. The van der Waals surface area contributed by atoms with Gasteiger partial charge in [0.25, 0.3) is 0 Å². The Labute approximate surface area is 83.8 Å². The van der Waals surface area contributed by atoms with Crippen LogP contribution >= 0.6 is 0 Å². The minimum Gasteiger partial charge on any atom is -0.370 e. The van der Waals surface area contributed by atoms with Crippen LogP contribution in [-0.4, -0.2) is 13.1 Å². The molecule has 1 aromatic carbocycles. The number of rotatable bonds is 1. The van der Waals surface area contributed by atoms with E-state index in [-0.39, 0.29) is 0 Å². The molecule has 1 saturated heterocycles. The Hall–Kier alpha value is -1.49. The molecule has 0 radical (unpaired) electrons. The lowest BCUT2D eigenvalue weighted by atomic mass is 9.96. The molecule has 0 N–H and O–H groups in total. The van der Waals surface area contributed by atoms with Crippen LogP contribution in [0.2, 0.25) is 0 Å². The van der Waals surface area contributed by atoms with Crippen molar-refractivity contribution in [3.8, 4) is 6.07 Å². The lowest BCUT2D eigenvalue weighted by Gasteiger charge is -2.41. The zero-order valence-corrected chi connectivity index (χ0v) is 8.03. The number of nitrogens with zero attached hydrogens (tertiary/aromatic N) is 2. The van der Waals surface area contributed by atoms with Crippen molar-refractivity contribution in [1.82, 2.24) is 0 Å². The molecule has 1 heterocycles. The molecular weight excluding hydrogens is 172 g/mol. The van der Waals surface area contributed by atoms with Crippen LogP contribution in [0.15, 0.2) is 24.3 Å². The highest BCUT2D eigenvalue weighted by atomic mass is 15.2. The summed E-state index contributed by atoms with van der Waals surface area (Å²) in [5.41, 5.74) is 2.66. The molecule has 2 nitrogen and oxygen atoms in total. The summed E-state index contributed by atoms with van der Waals surface area (Å²) in [6.45, 7) is 2.39. The fourth-order valence-corrected chi connectivity index (χ4v) is 2.21. The van der Waals surface area contributed by atoms with Gasteiger partial charge in [0.05, 0.1) is 11.6 Å². The van der Waals surface area contributed by atoms with Gasteiger partial charge in [-0.15, -0.1) is 0 Å². The number of hydrogen-bond acceptors (Lipinski definition) is 2. The van der Waals surface area contributed by atoms with Crippen molar-refractivity contribution in [2.24, 2.45) is 5.41 Å². The zero-order valence-electron chi connectivity index (χ0n) is 8.03. The molecule has 2 aliphatic rings. The zero-order chi connectivity index (χ0) is 9.60. The summed E-state index contributed by atoms with van der Waals surface area (Å²) >= 11 is 0. The fraction of sp³-hybridized carbons (Fsp3) is 0.417. The van der Waals surface area contributed by atoms with Gasteiger partial charge in [0.1, 0.15) is 0 Å². The summed E-state index contributed by atoms with van der Waals surface area (Å²) in [5.74, 6) is 0. The smallest absolute Gasteiger partial charge is 0.0992 e. The molecule has 2 heteroatoms. The number of anilines is 1. The van der Waals surface area contributed by atoms with Gasteiger partial charge in [-0.05, 0) is 31.0 Å². The number of hydrogen-bond donors (Lipinski definition) is 0. The fourth-order valence-electron chi connectivity index (χ4n) is 2.21. The van der Waals surface area contributed by atoms with Crippen molar-refractivity contribution in [2.75, 3.05) is 18.0 Å². The average Bonchev–Trinajstić information content (AvgIpc) is 2.95. The minimum atomic E-state index is 0.683. The van der Waals surface area contributed by atoms with E-state index in [1.54, 1.807) is 0 Å². The summed E-state index contributed by atoms with van der Waals surface area (Å²) in [6.07, 6.45) is 2.81. The topological polar surface area (TPSA) is 27.0 Å². The predicted molar refractivity (Wildman–Crippen MR) is 55.0 cm³/mol. The van der Waals surface area contributed by atoms with Gasteiger partial charge >= 0.3 is 0 Å². The lowest BCUT2D eigenvalue weighted by Crippen LogP contribution is -2.48. The molecule has 3 rings (SSSR count). The van der Waals surface area contributed by atoms with Gasteiger partial charge in [-0.3, -0.25) is 0 Å². The van der Waals surface area contributed by atoms with E-state index < -0.39 is 0 Å². The lowest BCUT2D eigenvalue weighted by molar-refractivity contribution is 0.387. The molecule has 0 bridgehead atoms. The molecule has 1 aromatic rings. The van der Waals surface area contributed by atoms with Gasteiger partial charge in [0.2, 0.25) is 0 Å². The second-order valence-corrected chi connectivity index (χ2v) is 4.52. The first-order valence-corrected chi connectivity index (χ1v) is 5.07. The van der Waals surface area contributed by atoms with Crippen LogP contribution in [0.25, 0.3) is 0 Å². The molecule has 1 aliphatic carbocycles. The highest BCUT2D eigenvalue weighted by Crippen LogP contribution is 2.53. The molecule has 1 spiro atoms. The highest BCUT2D eigenvalue weighted by molar-refractivity contribution is 5.54. The van der Waals surface area contributed by atoms with Crippen LogP contribution in [-0.2, 0) is 0 Å². The van der Waals surface area contributed by atoms with Crippen molar-refractivity contribution in [1.29, 1.82) is 5.26 Å². The van der Waals surface area contributed by atoms with Gasteiger partial charge < -0.3 is 4.90 Å². The first kappa shape index (κ1) is 7.87. The summed E-state index contributed by atoms with van der Waals surface area (Å²) < 4.78 is 0. The van der Waals surface area contributed by atoms with E-state index in [0.717, 1.165) is 5.56 Å². The number of nitriles is 1. The molecule has 14 heavy (non-hydrogen) atoms. The van der Waals surface area contributed by atoms with Gasteiger partial charge in [0.15, 0.2) is 0 Å². The third kappa shape index (κ3) is 1.09. The van der Waals surface area contributed by atoms with Crippen LogP contribution in [0.1, 0.15) is 18.4 Å². The second kappa shape index (κ2) is 2.51. The van der Waals surface area contributed by atoms with Gasteiger partial charge in [-0.25, -0.2) is 0 Å². The average molecular weight is 184 g/mol. The summed E-state index contributed by atoms with van der Waals surface area (Å²) in [5, 5.41) is 8.78. The predicted octanol–water partition coefficient (Wildman–Crippen LogP) is 2.16. The van der Waals surface area contributed by atoms with Gasteiger partial charge in [-0.1, -0.05) is 6.07 Å². The standard InChI is InChI=1S/C12H12N2/c13-7-10-2-1-3-11(6-10)14-8-12(9-14)4-5-12/h1-3,6H,4-5,8-9H2. The molecule has 1 saturated carbocycles. The highest BCUT2D eigenvalue weighted by Gasteiger charge is 2.52.